The molecule has 0 heterocycles. The standard InChI is InChI=1S/C22H32N4O4S.HI/c1-4-23-22(25-16-18(2)30-21-13-9-8-12-20(21)29-3)24-14-15-31(27,28)26-17-19-10-6-5-7-11-19;/h5-13,18,26H,4,14-17H2,1-3H3,(H2,23,24,25);1H. The van der Waals surface area contributed by atoms with Crippen molar-refractivity contribution in [2.75, 3.05) is 32.5 Å². The Labute approximate surface area is 208 Å². The van der Waals surface area contributed by atoms with Gasteiger partial charge >= 0.3 is 0 Å². The summed E-state index contributed by atoms with van der Waals surface area (Å²) in [6.45, 7) is 5.42. The highest BCUT2D eigenvalue weighted by molar-refractivity contribution is 14.0. The minimum Gasteiger partial charge on any atom is -0.493 e. The summed E-state index contributed by atoms with van der Waals surface area (Å²) < 4.78 is 38.3. The highest BCUT2D eigenvalue weighted by Crippen LogP contribution is 2.26. The Balaban J connectivity index is 0.00000512. The van der Waals surface area contributed by atoms with Gasteiger partial charge in [-0.15, -0.1) is 24.0 Å². The Kier molecular flexibility index (Phi) is 13.0. The summed E-state index contributed by atoms with van der Waals surface area (Å²) in [4.78, 5) is 4.49. The largest absolute Gasteiger partial charge is 0.493 e. The van der Waals surface area contributed by atoms with Crippen molar-refractivity contribution in [2.24, 2.45) is 4.99 Å². The van der Waals surface area contributed by atoms with Gasteiger partial charge in [0, 0.05) is 19.6 Å². The van der Waals surface area contributed by atoms with Crippen LogP contribution < -0.4 is 24.8 Å². The highest BCUT2D eigenvalue weighted by atomic mass is 127. The van der Waals surface area contributed by atoms with Crippen molar-refractivity contribution in [1.82, 2.24) is 15.4 Å². The molecule has 2 aromatic carbocycles. The Morgan fingerprint density at radius 1 is 1.03 bits per heavy atom. The molecule has 0 fully saturated rings. The van der Waals surface area contributed by atoms with E-state index < -0.39 is 10.0 Å². The molecule has 0 bridgehead atoms. The van der Waals surface area contributed by atoms with Crippen molar-refractivity contribution in [3.63, 3.8) is 0 Å². The molecule has 2 aromatic rings. The van der Waals surface area contributed by atoms with Crippen LogP contribution in [-0.4, -0.2) is 53.0 Å². The van der Waals surface area contributed by atoms with Crippen molar-refractivity contribution in [3.05, 3.63) is 60.2 Å². The molecule has 0 aliphatic heterocycles. The number of sulfonamides is 1. The number of nitrogens with zero attached hydrogens (tertiary/aromatic N) is 1. The molecule has 0 aliphatic rings. The Hall–Kier alpha value is -2.05. The van der Waals surface area contributed by atoms with Crippen LogP contribution in [0, 0.1) is 0 Å². The zero-order valence-electron chi connectivity index (χ0n) is 18.7. The number of benzene rings is 2. The van der Waals surface area contributed by atoms with E-state index in [4.69, 9.17) is 9.47 Å². The van der Waals surface area contributed by atoms with Crippen LogP contribution in [0.3, 0.4) is 0 Å². The van der Waals surface area contributed by atoms with Crippen LogP contribution in [0.2, 0.25) is 0 Å². The molecule has 0 saturated carbocycles. The second kappa shape index (κ2) is 14.9. The zero-order valence-corrected chi connectivity index (χ0v) is 21.9. The van der Waals surface area contributed by atoms with Crippen molar-refractivity contribution >= 4 is 40.0 Å². The number of para-hydroxylation sites is 2. The molecule has 0 spiro atoms. The second-order valence-corrected chi connectivity index (χ2v) is 8.78. The van der Waals surface area contributed by atoms with Gasteiger partial charge in [0.15, 0.2) is 17.5 Å². The molecule has 1 unspecified atom stereocenters. The summed E-state index contributed by atoms with van der Waals surface area (Å²) >= 11 is 0. The first-order valence-electron chi connectivity index (χ1n) is 10.3. The van der Waals surface area contributed by atoms with Crippen molar-refractivity contribution < 1.29 is 17.9 Å². The van der Waals surface area contributed by atoms with E-state index in [0.717, 1.165) is 5.56 Å². The Morgan fingerprint density at radius 2 is 1.69 bits per heavy atom. The molecule has 8 nitrogen and oxygen atoms in total. The zero-order chi connectivity index (χ0) is 22.5. The lowest BCUT2D eigenvalue weighted by Crippen LogP contribution is -2.41. The van der Waals surface area contributed by atoms with Crippen molar-refractivity contribution in [3.8, 4) is 11.5 Å². The SMILES string of the molecule is CCNC(=NCC(C)Oc1ccccc1OC)NCCS(=O)(=O)NCc1ccccc1.I. The number of methoxy groups -OCH3 is 1. The lowest BCUT2D eigenvalue weighted by molar-refractivity contribution is 0.219. The molecule has 10 heteroatoms. The number of halogens is 1. The first-order valence-corrected chi connectivity index (χ1v) is 11.9. The fourth-order valence-corrected chi connectivity index (χ4v) is 3.60. The van der Waals surface area contributed by atoms with E-state index in [1.54, 1.807) is 7.11 Å². The van der Waals surface area contributed by atoms with Gasteiger partial charge < -0.3 is 20.1 Å². The normalized spacial score (nSPS) is 12.4. The van der Waals surface area contributed by atoms with E-state index in [-0.39, 0.29) is 48.9 Å². The molecular weight excluding hydrogens is 543 g/mol. The fraction of sp³-hybridized carbons (Fsp3) is 0.409. The summed E-state index contributed by atoms with van der Waals surface area (Å²) in [5.41, 5.74) is 0.915. The highest BCUT2D eigenvalue weighted by Gasteiger charge is 2.11. The smallest absolute Gasteiger partial charge is 0.213 e. The average Bonchev–Trinajstić information content (AvgIpc) is 2.77. The van der Waals surface area contributed by atoms with Crippen molar-refractivity contribution in [2.45, 2.75) is 26.5 Å². The predicted octanol–water partition coefficient (Wildman–Crippen LogP) is 2.76. The third-order valence-electron chi connectivity index (χ3n) is 4.25. The lowest BCUT2D eigenvalue weighted by Gasteiger charge is -2.16. The molecule has 32 heavy (non-hydrogen) atoms. The first-order chi connectivity index (χ1) is 14.9. The van der Waals surface area contributed by atoms with E-state index in [1.165, 1.54) is 0 Å². The quantitative estimate of drug-likeness (QED) is 0.204. The third kappa shape index (κ3) is 10.5. The number of hydrogen-bond acceptors (Lipinski definition) is 5. The summed E-state index contributed by atoms with van der Waals surface area (Å²) in [5.74, 6) is 1.80. The van der Waals surface area contributed by atoms with Crippen LogP contribution in [0.25, 0.3) is 0 Å². The van der Waals surface area contributed by atoms with E-state index in [2.05, 4.69) is 20.3 Å². The minimum atomic E-state index is -3.40. The summed E-state index contributed by atoms with van der Waals surface area (Å²) in [7, 11) is -1.81. The molecular formula is C22H33IN4O4S. The number of guanidine groups is 1. The topological polar surface area (TPSA) is 101 Å². The predicted molar refractivity (Wildman–Crippen MR) is 140 cm³/mol. The van der Waals surface area contributed by atoms with Crippen molar-refractivity contribution in [1.29, 1.82) is 0 Å². The summed E-state index contributed by atoms with van der Waals surface area (Å²) in [5, 5.41) is 6.17. The third-order valence-corrected chi connectivity index (χ3v) is 5.58. The average molecular weight is 577 g/mol. The molecule has 178 valence electrons. The molecule has 0 aromatic heterocycles. The van der Waals surface area contributed by atoms with Gasteiger partial charge in [-0.05, 0) is 31.5 Å². The number of rotatable bonds is 12. The van der Waals surface area contributed by atoms with Gasteiger partial charge in [-0.1, -0.05) is 42.5 Å². The maximum atomic E-state index is 12.2. The van der Waals surface area contributed by atoms with Gasteiger partial charge in [-0.2, -0.15) is 0 Å². The Bertz CT molecular complexity index is 927. The molecule has 0 amide bonds. The van der Waals surface area contributed by atoms with E-state index in [1.807, 2.05) is 68.4 Å². The summed E-state index contributed by atoms with van der Waals surface area (Å²) in [6, 6.07) is 16.8. The number of hydrogen-bond donors (Lipinski definition) is 3. The van der Waals surface area contributed by atoms with Gasteiger partial charge in [0.1, 0.15) is 6.10 Å². The van der Waals surface area contributed by atoms with Gasteiger partial charge in [-0.25, -0.2) is 18.1 Å². The number of nitrogens with one attached hydrogen (secondary N) is 3. The minimum absolute atomic E-state index is 0. The molecule has 0 radical (unpaired) electrons. The van der Waals surface area contributed by atoms with E-state index in [0.29, 0.717) is 30.5 Å². The lowest BCUT2D eigenvalue weighted by atomic mass is 10.2. The van der Waals surface area contributed by atoms with Crippen LogP contribution in [-0.2, 0) is 16.6 Å². The monoisotopic (exact) mass is 576 g/mol. The van der Waals surface area contributed by atoms with Crippen LogP contribution in [0.1, 0.15) is 19.4 Å². The fourth-order valence-electron chi connectivity index (χ4n) is 2.70. The van der Waals surface area contributed by atoms with Crippen LogP contribution in [0.15, 0.2) is 59.6 Å². The number of aliphatic imine (C=N–C) groups is 1. The molecule has 1 atom stereocenters. The molecule has 0 saturated heterocycles. The molecule has 0 aliphatic carbocycles. The maximum Gasteiger partial charge on any atom is 0.213 e. The van der Waals surface area contributed by atoms with Crippen LogP contribution in [0.5, 0.6) is 11.5 Å². The van der Waals surface area contributed by atoms with Crippen LogP contribution in [0.4, 0.5) is 0 Å². The molecule has 2 rings (SSSR count). The summed E-state index contributed by atoms with van der Waals surface area (Å²) in [6.07, 6.45) is -0.192. The van der Waals surface area contributed by atoms with Gasteiger partial charge in [0.25, 0.3) is 0 Å². The maximum absolute atomic E-state index is 12.2. The van der Waals surface area contributed by atoms with E-state index >= 15 is 0 Å². The number of ether oxygens (including phenoxy) is 2. The Morgan fingerprint density at radius 3 is 2.34 bits per heavy atom. The second-order valence-electron chi connectivity index (χ2n) is 6.85. The van der Waals surface area contributed by atoms with Crippen LogP contribution >= 0.6 is 24.0 Å². The van der Waals surface area contributed by atoms with Gasteiger partial charge in [0.2, 0.25) is 10.0 Å². The van der Waals surface area contributed by atoms with Gasteiger partial charge in [-0.3, -0.25) is 0 Å². The first kappa shape index (κ1) is 28.0. The molecule has 3 N–H and O–H groups in total. The van der Waals surface area contributed by atoms with Gasteiger partial charge in [0.05, 0.1) is 19.4 Å². The van der Waals surface area contributed by atoms with E-state index in [9.17, 15) is 8.42 Å².